The minimum atomic E-state index is -0.534. The van der Waals surface area contributed by atoms with E-state index in [-0.39, 0.29) is 17.7 Å². The van der Waals surface area contributed by atoms with Crippen LogP contribution in [-0.2, 0) is 11.3 Å². The van der Waals surface area contributed by atoms with E-state index in [0.29, 0.717) is 10.0 Å². The summed E-state index contributed by atoms with van der Waals surface area (Å²) in [4.78, 5) is 11.3. The van der Waals surface area contributed by atoms with Crippen LogP contribution < -0.4 is 5.73 Å². The number of halogens is 1. The summed E-state index contributed by atoms with van der Waals surface area (Å²) >= 11 is 3.27. The molecule has 4 nitrogen and oxygen atoms in total. The van der Waals surface area contributed by atoms with E-state index >= 15 is 0 Å². The normalized spacial score (nSPS) is 9.47. The largest absolute Gasteiger partial charge is 0.465 e. The first-order valence-electron chi connectivity index (χ1n) is 4.15. The number of hydrogen-bond acceptors (Lipinski definition) is 4. The highest BCUT2D eigenvalue weighted by Crippen LogP contribution is 2.23. The van der Waals surface area contributed by atoms with Gasteiger partial charge in [0.05, 0.1) is 18.2 Å². The molecule has 0 unspecified atom stereocenters. The summed E-state index contributed by atoms with van der Waals surface area (Å²) in [6.07, 6.45) is 0. The Kier molecular flexibility index (Phi) is 3.83. The van der Waals surface area contributed by atoms with Crippen LogP contribution in [0.1, 0.15) is 21.5 Å². The Hall–Kier alpha value is -1.38. The average Bonchev–Trinajstić information content (AvgIpc) is 2.27. The van der Waals surface area contributed by atoms with Gasteiger partial charge in [0.25, 0.3) is 0 Å². The zero-order chi connectivity index (χ0) is 11.4. The molecule has 15 heavy (non-hydrogen) atoms. The van der Waals surface area contributed by atoms with Crippen molar-refractivity contribution in [2.75, 3.05) is 7.11 Å². The van der Waals surface area contributed by atoms with E-state index in [4.69, 9.17) is 11.0 Å². The van der Waals surface area contributed by atoms with Crippen molar-refractivity contribution < 1.29 is 9.53 Å². The van der Waals surface area contributed by atoms with Crippen molar-refractivity contribution in [3.8, 4) is 6.07 Å². The molecule has 78 valence electrons. The third kappa shape index (κ3) is 2.17. The highest BCUT2D eigenvalue weighted by Gasteiger charge is 2.16. The summed E-state index contributed by atoms with van der Waals surface area (Å²) in [5, 5.41) is 8.97. The van der Waals surface area contributed by atoms with E-state index in [1.165, 1.54) is 13.2 Å². The predicted molar refractivity (Wildman–Crippen MR) is 58.1 cm³/mol. The zero-order valence-corrected chi connectivity index (χ0v) is 9.67. The molecule has 0 aromatic heterocycles. The first-order chi connectivity index (χ1) is 7.15. The van der Waals surface area contributed by atoms with Gasteiger partial charge in [-0.1, -0.05) is 15.9 Å². The molecule has 1 aromatic carbocycles. The number of esters is 1. The SMILES string of the molecule is COC(=O)c1ccc(Br)c(CN)c1C#N. The minimum absolute atomic E-state index is 0.189. The highest BCUT2D eigenvalue weighted by atomic mass is 79.9. The molecule has 0 amide bonds. The number of nitrogens with two attached hydrogens (primary N) is 1. The maximum atomic E-state index is 11.3. The Morgan fingerprint density at radius 1 is 1.67 bits per heavy atom. The van der Waals surface area contributed by atoms with Gasteiger partial charge >= 0.3 is 5.97 Å². The van der Waals surface area contributed by atoms with E-state index < -0.39 is 5.97 Å². The zero-order valence-electron chi connectivity index (χ0n) is 8.08. The summed E-state index contributed by atoms with van der Waals surface area (Å²) in [7, 11) is 1.27. The molecule has 0 aliphatic rings. The molecule has 0 fully saturated rings. The van der Waals surface area contributed by atoms with Crippen molar-refractivity contribution in [2.45, 2.75) is 6.54 Å². The number of benzene rings is 1. The fourth-order valence-corrected chi connectivity index (χ4v) is 1.72. The molecular formula is C10H9BrN2O2. The Morgan fingerprint density at radius 2 is 2.33 bits per heavy atom. The van der Waals surface area contributed by atoms with E-state index in [2.05, 4.69) is 20.7 Å². The first-order valence-corrected chi connectivity index (χ1v) is 4.94. The second kappa shape index (κ2) is 4.91. The van der Waals surface area contributed by atoms with Gasteiger partial charge in [-0.15, -0.1) is 0 Å². The van der Waals surface area contributed by atoms with Crippen LogP contribution in [0, 0.1) is 11.3 Å². The molecule has 5 heteroatoms. The summed E-state index contributed by atoms with van der Waals surface area (Å²) in [6.45, 7) is 0.189. The lowest BCUT2D eigenvalue weighted by Crippen LogP contribution is -2.09. The number of nitriles is 1. The first kappa shape index (κ1) is 11.7. The van der Waals surface area contributed by atoms with Crippen molar-refractivity contribution in [3.63, 3.8) is 0 Å². The van der Waals surface area contributed by atoms with Crippen LogP contribution in [0.4, 0.5) is 0 Å². The van der Waals surface area contributed by atoms with E-state index in [0.717, 1.165) is 0 Å². The lowest BCUT2D eigenvalue weighted by atomic mass is 10.0. The second-order valence-corrected chi connectivity index (χ2v) is 3.61. The van der Waals surface area contributed by atoms with Crippen LogP contribution >= 0.6 is 15.9 Å². The lowest BCUT2D eigenvalue weighted by molar-refractivity contribution is 0.0600. The van der Waals surface area contributed by atoms with E-state index in [1.807, 2.05) is 6.07 Å². The monoisotopic (exact) mass is 268 g/mol. The Morgan fingerprint density at radius 3 is 2.80 bits per heavy atom. The molecule has 1 aromatic rings. The quantitative estimate of drug-likeness (QED) is 0.827. The molecule has 0 aliphatic heterocycles. The summed E-state index contributed by atoms with van der Waals surface area (Å²) in [5.41, 5.74) is 6.62. The predicted octanol–water partition coefficient (Wildman–Crippen LogP) is 1.57. The summed E-state index contributed by atoms with van der Waals surface area (Å²) in [6, 6.07) is 5.17. The fraction of sp³-hybridized carbons (Fsp3) is 0.200. The molecule has 0 saturated carbocycles. The van der Waals surface area contributed by atoms with Gasteiger partial charge in [0.15, 0.2) is 0 Å². The average molecular weight is 269 g/mol. The van der Waals surface area contributed by atoms with E-state index in [9.17, 15) is 4.79 Å². The number of ether oxygens (including phenoxy) is 1. The molecular weight excluding hydrogens is 260 g/mol. The number of methoxy groups -OCH3 is 1. The topological polar surface area (TPSA) is 76.1 Å². The number of hydrogen-bond donors (Lipinski definition) is 1. The van der Waals surface area contributed by atoms with Gasteiger partial charge in [-0.3, -0.25) is 0 Å². The van der Waals surface area contributed by atoms with Gasteiger partial charge in [-0.05, 0) is 17.7 Å². The van der Waals surface area contributed by atoms with Crippen LogP contribution in [-0.4, -0.2) is 13.1 Å². The van der Waals surface area contributed by atoms with Gasteiger partial charge in [0, 0.05) is 11.0 Å². The molecule has 0 spiro atoms. The van der Waals surface area contributed by atoms with Crippen molar-refractivity contribution in [2.24, 2.45) is 5.73 Å². The molecule has 2 N–H and O–H groups in total. The molecule has 0 radical (unpaired) electrons. The van der Waals surface area contributed by atoms with Crippen LogP contribution in [0.3, 0.4) is 0 Å². The fourth-order valence-electron chi connectivity index (χ4n) is 1.23. The smallest absolute Gasteiger partial charge is 0.339 e. The van der Waals surface area contributed by atoms with Crippen LogP contribution in [0.25, 0.3) is 0 Å². The van der Waals surface area contributed by atoms with Gasteiger partial charge in [-0.2, -0.15) is 5.26 Å². The molecule has 0 bridgehead atoms. The number of nitrogens with zero attached hydrogens (tertiary/aromatic N) is 1. The van der Waals surface area contributed by atoms with Crippen LogP contribution in [0.2, 0.25) is 0 Å². The number of rotatable bonds is 2. The number of carbonyl (C=O) groups excluding carboxylic acids is 1. The standard InChI is InChI=1S/C10H9BrN2O2/c1-15-10(14)6-2-3-9(11)8(5-13)7(6)4-12/h2-3H,5,13H2,1H3. The molecule has 0 saturated heterocycles. The highest BCUT2D eigenvalue weighted by molar-refractivity contribution is 9.10. The van der Waals surface area contributed by atoms with Crippen molar-refractivity contribution >= 4 is 21.9 Å². The van der Waals surface area contributed by atoms with Crippen molar-refractivity contribution in [1.29, 1.82) is 5.26 Å². The Bertz CT molecular complexity index is 438. The van der Waals surface area contributed by atoms with Crippen LogP contribution in [0.15, 0.2) is 16.6 Å². The maximum Gasteiger partial charge on any atom is 0.339 e. The van der Waals surface area contributed by atoms with Gasteiger partial charge in [0.1, 0.15) is 6.07 Å². The van der Waals surface area contributed by atoms with E-state index in [1.54, 1.807) is 6.07 Å². The Balaban J connectivity index is 3.43. The lowest BCUT2D eigenvalue weighted by Gasteiger charge is -2.08. The van der Waals surface area contributed by atoms with Crippen LogP contribution in [0.5, 0.6) is 0 Å². The molecule has 0 atom stereocenters. The third-order valence-electron chi connectivity index (χ3n) is 1.98. The summed E-state index contributed by atoms with van der Waals surface area (Å²) in [5.74, 6) is -0.534. The second-order valence-electron chi connectivity index (χ2n) is 2.76. The van der Waals surface area contributed by atoms with Crippen molar-refractivity contribution in [1.82, 2.24) is 0 Å². The molecule has 0 heterocycles. The minimum Gasteiger partial charge on any atom is -0.465 e. The third-order valence-corrected chi connectivity index (χ3v) is 2.72. The maximum absolute atomic E-state index is 11.3. The van der Waals surface area contributed by atoms with Gasteiger partial charge < -0.3 is 10.5 Å². The number of carbonyl (C=O) groups is 1. The van der Waals surface area contributed by atoms with Gasteiger partial charge in [0.2, 0.25) is 0 Å². The molecule has 1 rings (SSSR count). The molecule has 0 aliphatic carbocycles. The van der Waals surface area contributed by atoms with Crippen molar-refractivity contribution in [3.05, 3.63) is 33.3 Å². The summed E-state index contributed by atoms with van der Waals surface area (Å²) < 4.78 is 5.29. The van der Waals surface area contributed by atoms with Gasteiger partial charge in [-0.25, -0.2) is 4.79 Å². The Labute approximate surface area is 95.8 Å².